The molecule has 2 aliphatic rings. The Bertz CT molecular complexity index is 2960. The van der Waals surface area contributed by atoms with E-state index in [0.717, 1.165) is 35.2 Å². The SMILES string of the molecule is Cl.Nc1ccn([C@@H]2O[C@H](CO)[C@H](OC(=O)c3ccccc3)C2(F)F)c(=O)n1.Nc1ccn([C@@H]2O[C@H](COC(c3ccccc3)(c3ccccc3)c3ccccc3)[C@H](OC(=O)c3ccccc3)C2(F)F)c(=O)n1. The molecule has 2 fully saturated rings. The standard InChI is InChI=1S/C35H29F2N3O5.C16H15F2N3O5.ClH/c36-35(37)30(45-31(41)24-13-5-1-6-14-24)28(44-32(35)40-22-21-29(38)39-33(40)42)23-43-34(25-15-7-2-8-16-25,26-17-9-3-10-18-26)27-19-11-4-12-20-27;17-16(18)12(26-13(23)9-4-2-1-3-5-9)10(8-22)25-14(16)21-7-6-11(19)20-15(21)24;/h1-22,28,30,32H,23H2,(H2,38,39,42);1-7,10,12,14,22H,8H2,(H2,19,20,24);1H/t28-,30+,32-;10-,12+,14-;/m11./s1. The third-order valence-corrected chi connectivity index (χ3v) is 11.6. The number of aliphatic hydroxyl groups excluding tert-OH is 1. The van der Waals surface area contributed by atoms with Gasteiger partial charge < -0.3 is 40.3 Å². The first-order valence-corrected chi connectivity index (χ1v) is 21.8. The maximum atomic E-state index is 16.3. The predicted molar refractivity (Wildman–Crippen MR) is 254 cm³/mol. The summed E-state index contributed by atoms with van der Waals surface area (Å²) in [4.78, 5) is 56.7. The lowest BCUT2D eigenvalue weighted by Gasteiger charge is -2.37. The van der Waals surface area contributed by atoms with Crippen molar-refractivity contribution in [1.29, 1.82) is 0 Å². The van der Waals surface area contributed by atoms with Gasteiger partial charge in [-0.2, -0.15) is 27.5 Å². The number of carbonyl (C=O) groups is 2. The highest BCUT2D eigenvalue weighted by molar-refractivity contribution is 5.90. The molecule has 0 amide bonds. The molecule has 0 unspecified atom stereocenters. The third kappa shape index (κ3) is 10.6. The summed E-state index contributed by atoms with van der Waals surface area (Å²) in [5, 5.41) is 9.36. The number of halogens is 5. The molecular weight excluding hydrogens is 968 g/mol. The maximum Gasteiger partial charge on any atom is 0.351 e. The van der Waals surface area contributed by atoms with Gasteiger partial charge in [-0.1, -0.05) is 127 Å². The van der Waals surface area contributed by atoms with Crippen LogP contribution in [-0.2, 0) is 29.3 Å². The zero-order valence-corrected chi connectivity index (χ0v) is 38.4. The molecule has 4 heterocycles. The summed E-state index contributed by atoms with van der Waals surface area (Å²) in [6.07, 6.45) is -9.42. The van der Waals surface area contributed by atoms with Gasteiger partial charge in [0.25, 0.3) is 0 Å². The summed E-state index contributed by atoms with van der Waals surface area (Å²) in [7, 11) is 0. The molecule has 374 valence electrons. The van der Waals surface area contributed by atoms with Crippen molar-refractivity contribution >= 4 is 36.0 Å². The molecular formula is C51H45ClF4N6O10. The van der Waals surface area contributed by atoms with Crippen LogP contribution in [0.1, 0.15) is 49.9 Å². The molecule has 9 rings (SSSR count). The quantitative estimate of drug-likeness (QED) is 0.0630. The number of aromatic nitrogens is 4. The van der Waals surface area contributed by atoms with Crippen LogP contribution in [0.25, 0.3) is 0 Å². The topological polar surface area (TPSA) is 222 Å². The summed E-state index contributed by atoms with van der Waals surface area (Å²) < 4.78 is 91.4. The van der Waals surface area contributed by atoms with Gasteiger partial charge in [0.1, 0.15) is 29.4 Å². The zero-order chi connectivity index (χ0) is 50.3. The van der Waals surface area contributed by atoms with Gasteiger partial charge in [-0.15, -0.1) is 12.4 Å². The van der Waals surface area contributed by atoms with Gasteiger partial charge in [-0.3, -0.25) is 9.13 Å². The fourth-order valence-electron chi connectivity index (χ4n) is 8.21. The van der Waals surface area contributed by atoms with E-state index in [1.807, 2.05) is 91.0 Å². The number of anilines is 2. The number of carbonyl (C=O) groups excluding carboxylic acids is 2. The van der Waals surface area contributed by atoms with Gasteiger partial charge in [-0.05, 0) is 53.1 Å². The first-order chi connectivity index (χ1) is 34.1. The van der Waals surface area contributed by atoms with E-state index in [9.17, 15) is 33.1 Å². The molecule has 0 saturated carbocycles. The highest BCUT2D eigenvalue weighted by atomic mass is 35.5. The van der Waals surface area contributed by atoms with Crippen molar-refractivity contribution in [2.45, 2.75) is 54.3 Å². The summed E-state index contributed by atoms with van der Waals surface area (Å²) in [6, 6.07) is 45.8. The van der Waals surface area contributed by atoms with E-state index in [2.05, 4.69) is 9.97 Å². The van der Waals surface area contributed by atoms with Crippen LogP contribution >= 0.6 is 12.4 Å². The largest absolute Gasteiger partial charge is 0.449 e. The first-order valence-electron chi connectivity index (χ1n) is 21.8. The lowest BCUT2D eigenvalue weighted by molar-refractivity contribution is -0.143. The summed E-state index contributed by atoms with van der Waals surface area (Å²) in [6.45, 7) is -1.29. The Kier molecular flexibility index (Phi) is 16.0. The lowest BCUT2D eigenvalue weighted by atomic mass is 9.80. The smallest absolute Gasteiger partial charge is 0.351 e. The molecule has 0 radical (unpaired) electrons. The van der Waals surface area contributed by atoms with Crippen LogP contribution in [0, 0.1) is 0 Å². The van der Waals surface area contributed by atoms with E-state index in [-0.39, 0.29) is 35.2 Å². The molecule has 2 aliphatic heterocycles. The van der Waals surface area contributed by atoms with Crippen molar-refractivity contribution in [2.24, 2.45) is 0 Å². The molecule has 2 saturated heterocycles. The minimum absolute atomic E-state index is 0. The Hall–Kier alpha value is -7.75. The van der Waals surface area contributed by atoms with Crippen LogP contribution in [0.5, 0.6) is 0 Å². The van der Waals surface area contributed by atoms with Crippen LogP contribution < -0.4 is 22.8 Å². The molecule has 0 aliphatic carbocycles. The van der Waals surface area contributed by atoms with Crippen molar-refractivity contribution in [3.8, 4) is 0 Å². The average molecular weight is 1010 g/mol. The second-order valence-corrected chi connectivity index (χ2v) is 16.1. The van der Waals surface area contributed by atoms with E-state index in [4.69, 9.17) is 35.2 Å². The summed E-state index contributed by atoms with van der Waals surface area (Å²) >= 11 is 0. The maximum absolute atomic E-state index is 16.3. The Morgan fingerprint density at radius 2 is 0.903 bits per heavy atom. The highest BCUT2D eigenvalue weighted by Crippen LogP contribution is 2.47. The Labute approximate surface area is 413 Å². The first kappa shape index (κ1) is 52.1. The number of nitrogens with zero attached hydrogens (tertiary/aromatic N) is 4. The van der Waals surface area contributed by atoms with Crippen molar-refractivity contribution in [3.05, 3.63) is 225 Å². The molecule has 21 heteroatoms. The number of rotatable bonds is 13. The number of nitrogen functional groups attached to an aromatic ring is 2. The van der Waals surface area contributed by atoms with Gasteiger partial charge >= 0.3 is 35.2 Å². The molecule has 0 spiro atoms. The van der Waals surface area contributed by atoms with Crippen molar-refractivity contribution < 1.29 is 55.9 Å². The number of aliphatic hydroxyl groups is 1. The number of alkyl halides is 4. The number of ether oxygens (including phenoxy) is 5. The molecule has 0 bridgehead atoms. The van der Waals surface area contributed by atoms with E-state index in [1.54, 1.807) is 36.4 Å². The molecule has 6 atom stereocenters. The van der Waals surface area contributed by atoms with Gasteiger partial charge in [0.2, 0.25) is 12.5 Å². The Morgan fingerprint density at radius 1 is 0.569 bits per heavy atom. The molecule has 72 heavy (non-hydrogen) atoms. The average Bonchev–Trinajstić information content (AvgIpc) is 3.78. The van der Waals surface area contributed by atoms with Gasteiger partial charge in [0, 0.05) is 12.4 Å². The number of hydrogen-bond acceptors (Lipinski definition) is 14. The predicted octanol–water partition coefficient (Wildman–Crippen LogP) is 6.59. The molecule has 5 aromatic carbocycles. The minimum atomic E-state index is -3.87. The minimum Gasteiger partial charge on any atom is -0.449 e. The van der Waals surface area contributed by atoms with Crippen LogP contribution in [0.2, 0.25) is 0 Å². The zero-order valence-electron chi connectivity index (χ0n) is 37.6. The van der Waals surface area contributed by atoms with E-state index < -0.39 is 90.8 Å². The van der Waals surface area contributed by atoms with Gasteiger partial charge in [0.15, 0.2) is 12.2 Å². The fraction of sp³-hybridized carbons (Fsp3) is 0.216. The monoisotopic (exact) mass is 1010 g/mol. The highest BCUT2D eigenvalue weighted by Gasteiger charge is 2.64. The van der Waals surface area contributed by atoms with E-state index in [0.29, 0.717) is 9.13 Å². The van der Waals surface area contributed by atoms with Crippen molar-refractivity contribution in [1.82, 2.24) is 19.1 Å². The molecule has 7 aromatic rings. The number of nitrogens with two attached hydrogens (primary N) is 2. The van der Waals surface area contributed by atoms with Crippen molar-refractivity contribution in [2.75, 3.05) is 24.7 Å². The Morgan fingerprint density at radius 3 is 1.25 bits per heavy atom. The third-order valence-electron chi connectivity index (χ3n) is 11.6. The normalized spacial score (nSPS) is 20.8. The summed E-state index contributed by atoms with van der Waals surface area (Å²) in [5.41, 5.74) is 9.93. The lowest BCUT2D eigenvalue weighted by Crippen LogP contribution is -2.45. The second kappa shape index (κ2) is 22.1. The number of hydrogen-bond donors (Lipinski definition) is 3. The molecule has 2 aromatic heterocycles. The molecule has 16 nitrogen and oxygen atoms in total. The van der Waals surface area contributed by atoms with Gasteiger partial charge in [0.05, 0.1) is 24.3 Å². The van der Waals surface area contributed by atoms with Crippen LogP contribution in [0.15, 0.2) is 186 Å². The second-order valence-electron chi connectivity index (χ2n) is 16.1. The molecule has 5 N–H and O–H groups in total. The number of benzene rings is 5. The number of esters is 2. The van der Waals surface area contributed by atoms with Crippen molar-refractivity contribution in [3.63, 3.8) is 0 Å². The van der Waals surface area contributed by atoms with Gasteiger partial charge in [-0.25, -0.2) is 19.2 Å². The Balaban J connectivity index is 0.000000240. The summed E-state index contributed by atoms with van der Waals surface area (Å²) in [5.74, 6) is -9.91. The van der Waals surface area contributed by atoms with E-state index >= 15 is 8.78 Å². The van der Waals surface area contributed by atoms with Crippen LogP contribution in [-0.4, -0.2) is 85.6 Å². The van der Waals surface area contributed by atoms with Crippen LogP contribution in [0.3, 0.4) is 0 Å². The van der Waals surface area contributed by atoms with E-state index in [1.165, 1.54) is 30.3 Å². The van der Waals surface area contributed by atoms with Crippen LogP contribution in [0.4, 0.5) is 29.2 Å². The fourth-order valence-corrected chi connectivity index (χ4v) is 8.21.